The Kier molecular flexibility index (Phi) is 6.81. The maximum Gasteiger partial charge on any atom is 0.407 e. The van der Waals surface area contributed by atoms with Crippen molar-refractivity contribution < 1.29 is 29.0 Å². The van der Waals surface area contributed by atoms with Gasteiger partial charge in [-0.3, -0.25) is 9.59 Å². The summed E-state index contributed by atoms with van der Waals surface area (Å²) >= 11 is 0. The van der Waals surface area contributed by atoms with Gasteiger partial charge in [-0.1, -0.05) is 61.4 Å². The molecule has 0 unspecified atom stereocenters. The molecule has 0 spiro atoms. The second-order valence-electron chi connectivity index (χ2n) is 8.60. The number of nitrogens with one attached hydrogen (secondary N) is 3. The van der Waals surface area contributed by atoms with Gasteiger partial charge in [-0.05, 0) is 35.1 Å². The lowest BCUT2D eigenvalue weighted by Gasteiger charge is -2.25. The molecule has 3 amide bonds. The Morgan fingerprint density at radius 1 is 0.853 bits per heavy atom. The lowest BCUT2D eigenvalue weighted by atomic mass is 9.98. The normalized spacial score (nSPS) is 15.6. The van der Waals surface area contributed by atoms with Crippen molar-refractivity contribution in [3.8, 4) is 11.1 Å². The molecule has 0 bridgehead atoms. The second-order valence-corrected chi connectivity index (χ2v) is 8.60. The zero-order valence-electron chi connectivity index (χ0n) is 18.6. The Morgan fingerprint density at radius 3 is 2.00 bits per heavy atom. The first-order valence-electron chi connectivity index (χ1n) is 11.3. The van der Waals surface area contributed by atoms with Gasteiger partial charge in [0.1, 0.15) is 18.7 Å². The summed E-state index contributed by atoms with van der Waals surface area (Å²) in [6.45, 7) is -0.616. The Morgan fingerprint density at radius 2 is 1.41 bits per heavy atom. The number of carbonyl (C=O) groups is 4. The molecule has 178 valence electrons. The number of carbonyl (C=O) groups excluding carboxylic acids is 3. The molecular formula is C25H27N3O6. The molecule has 9 nitrogen and oxygen atoms in total. The Hall–Kier alpha value is -3.88. The number of rotatable bonds is 8. The lowest BCUT2D eigenvalue weighted by Crippen LogP contribution is -2.55. The molecule has 0 aliphatic heterocycles. The van der Waals surface area contributed by atoms with E-state index in [4.69, 9.17) is 4.74 Å². The molecule has 0 atom stereocenters. The number of benzene rings is 2. The minimum Gasteiger partial charge on any atom is -0.480 e. The zero-order chi connectivity index (χ0) is 24.1. The van der Waals surface area contributed by atoms with Gasteiger partial charge < -0.3 is 25.8 Å². The van der Waals surface area contributed by atoms with Crippen LogP contribution in [0.4, 0.5) is 4.79 Å². The van der Waals surface area contributed by atoms with Gasteiger partial charge in [-0.25, -0.2) is 9.59 Å². The van der Waals surface area contributed by atoms with Crippen LogP contribution in [0.2, 0.25) is 0 Å². The quantitative estimate of drug-likeness (QED) is 0.472. The number of hydrogen-bond donors (Lipinski definition) is 4. The maximum absolute atomic E-state index is 12.2. The van der Waals surface area contributed by atoms with E-state index >= 15 is 0 Å². The van der Waals surface area contributed by atoms with Crippen LogP contribution in [0.5, 0.6) is 0 Å². The molecule has 2 aromatic carbocycles. The van der Waals surface area contributed by atoms with Gasteiger partial charge >= 0.3 is 12.1 Å². The summed E-state index contributed by atoms with van der Waals surface area (Å²) in [7, 11) is 0. The predicted octanol–water partition coefficient (Wildman–Crippen LogP) is 2.15. The third-order valence-electron chi connectivity index (χ3n) is 6.43. The van der Waals surface area contributed by atoms with Gasteiger partial charge in [0.05, 0.1) is 6.54 Å². The van der Waals surface area contributed by atoms with Crippen LogP contribution in [-0.4, -0.2) is 54.2 Å². The van der Waals surface area contributed by atoms with Crippen molar-refractivity contribution in [3.05, 3.63) is 59.7 Å². The van der Waals surface area contributed by atoms with Gasteiger partial charge in [-0.2, -0.15) is 0 Å². The molecule has 2 aliphatic carbocycles. The number of carboxylic acids is 1. The Balaban J connectivity index is 1.21. The standard InChI is InChI=1S/C25H27N3O6/c29-21(26-14-22(30)28-25(23(31)32)11-5-6-12-25)13-27-24(33)34-15-20-18-9-3-1-7-16(18)17-8-2-4-10-19(17)20/h1-4,7-10,20H,5-6,11-15H2,(H,26,29)(H,27,33)(H,28,30)(H,31,32). The maximum atomic E-state index is 12.2. The van der Waals surface area contributed by atoms with Crippen molar-refractivity contribution in [3.63, 3.8) is 0 Å². The molecule has 0 heterocycles. The van der Waals surface area contributed by atoms with Crippen molar-refractivity contribution in [2.75, 3.05) is 19.7 Å². The topological polar surface area (TPSA) is 134 Å². The SMILES string of the molecule is O=C(CNC(=O)OCC1c2ccccc2-c2ccccc21)NCC(=O)NC1(C(=O)O)CCCC1. The smallest absolute Gasteiger partial charge is 0.407 e. The van der Waals surface area contributed by atoms with E-state index < -0.39 is 29.4 Å². The number of fused-ring (bicyclic) bond motifs is 3. The van der Waals surface area contributed by atoms with Gasteiger partial charge in [-0.15, -0.1) is 0 Å². The van der Waals surface area contributed by atoms with Crippen LogP contribution >= 0.6 is 0 Å². The van der Waals surface area contributed by atoms with Crippen LogP contribution in [0.15, 0.2) is 48.5 Å². The third-order valence-corrected chi connectivity index (χ3v) is 6.43. The van der Waals surface area contributed by atoms with Crippen LogP contribution in [0, 0.1) is 0 Å². The van der Waals surface area contributed by atoms with Crippen LogP contribution in [0.3, 0.4) is 0 Å². The third kappa shape index (κ3) is 4.88. The summed E-state index contributed by atoms with van der Waals surface area (Å²) in [6, 6.07) is 15.9. The fraction of sp³-hybridized carbons (Fsp3) is 0.360. The molecule has 4 N–H and O–H groups in total. The van der Waals surface area contributed by atoms with E-state index in [-0.39, 0.29) is 25.6 Å². The molecule has 0 radical (unpaired) electrons. The molecule has 0 saturated heterocycles. The van der Waals surface area contributed by atoms with Gasteiger partial charge in [0.25, 0.3) is 0 Å². The molecule has 1 saturated carbocycles. The fourth-order valence-electron chi connectivity index (χ4n) is 4.73. The summed E-state index contributed by atoms with van der Waals surface area (Å²) in [6.07, 6.45) is 1.44. The monoisotopic (exact) mass is 465 g/mol. The van der Waals surface area contributed by atoms with E-state index in [1.807, 2.05) is 48.5 Å². The average Bonchev–Trinajstić information content (AvgIpc) is 3.44. The first kappa shape index (κ1) is 23.3. The summed E-state index contributed by atoms with van der Waals surface area (Å²) in [5.41, 5.74) is 3.14. The molecule has 0 aromatic heterocycles. The summed E-state index contributed by atoms with van der Waals surface area (Å²) in [5.74, 6) is -2.33. The van der Waals surface area contributed by atoms with Crippen molar-refractivity contribution in [2.24, 2.45) is 0 Å². The Labute approximate surface area is 196 Å². The van der Waals surface area contributed by atoms with Crippen molar-refractivity contribution in [2.45, 2.75) is 37.1 Å². The molecule has 2 aromatic rings. The van der Waals surface area contributed by atoms with E-state index in [1.54, 1.807) is 0 Å². The minimum atomic E-state index is -1.26. The largest absolute Gasteiger partial charge is 0.480 e. The molecule has 34 heavy (non-hydrogen) atoms. The minimum absolute atomic E-state index is 0.0900. The fourth-order valence-corrected chi connectivity index (χ4v) is 4.73. The molecule has 1 fully saturated rings. The van der Waals surface area contributed by atoms with E-state index in [0.717, 1.165) is 35.1 Å². The molecule has 4 rings (SSSR count). The lowest BCUT2D eigenvalue weighted by molar-refractivity contribution is -0.147. The number of amides is 3. The summed E-state index contributed by atoms with van der Waals surface area (Å²) in [5, 5.41) is 16.7. The highest BCUT2D eigenvalue weighted by atomic mass is 16.5. The van der Waals surface area contributed by atoms with Gasteiger partial charge in [0.2, 0.25) is 11.8 Å². The van der Waals surface area contributed by atoms with E-state index in [0.29, 0.717) is 12.8 Å². The second kappa shape index (κ2) is 9.94. The zero-order valence-corrected chi connectivity index (χ0v) is 18.6. The highest BCUT2D eigenvalue weighted by Crippen LogP contribution is 2.44. The molecular weight excluding hydrogens is 438 g/mol. The van der Waals surface area contributed by atoms with E-state index in [9.17, 15) is 24.3 Å². The predicted molar refractivity (Wildman–Crippen MR) is 123 cm³/mol. The summed E-state index contributed by atoms with van der Waals surface area (Å²) < 4.78 is 5.37. The molecule has 2 aliphatic rings. The van der Waals surface area contributed by atoms with Crippen LogP contribution < -0.4 is 16.0 Å². The summed E-state index contributed by atoms with van der Waals surface area (Å²) in [4.78, 5) is 47.8. The van der Waals surface area contributed by atoms with Gasteiger partial charge in [0.15, 0.2) is 0 Å². The van der Waals surface area contributed by atoms with E-state index in [1.165, 1.54) is 0 Å². The highest BCUT2D eigenvalue weighted by Gasteiger charge is 2.42. The highest BCUT2D eigenvalue weighted by molar-refractivity contribution is 5.91. The molecule has 9 heteroatoms. The number of carboxylic acid groups (broad SMARTS) is 1. The van der Waals surface area contributed by atoms with Gasteiger partial charge in [0, 0.05) is 5.92 Å². The first-order chi connectivity index (χ1) is 16.4. The van der Waals surface area contributed by atoms with Crippen molar-refractivity contribution >= 4 is 23.9 Å². The number of ether oxygens (including phenoxy) is 1. The number of hydrogen-bond acceptors (Lipinski definition) is 5. The van der Waals surface area contributed by atoms with Crippen molar-refractivity contribution in [1.82, 2.24) is 16.0 Å². The van der Waals surface area contributed by atoms with Crippen LogP contribution in [-0.2, 0) is 19.1 Å². The van der Waals surface area contributed by atoms with Crippen molar-refractivity contribution in [1.29, 1.82) is 0 Å². The number of aliphatic carboxylic acids is 1. The average molecular weight is 466 g/mol. The number of alkyl carbamates (subject to hydrolysis) is 1. The van der Waals surface area contributed by atoms with E-state index in [2.05, 4.69) is 16.0 Å². The van der Waals surface area contributed by atoms with Crippen LogP contribution in [0.1, 0.15) is 42.7 Å². The van der Waals surface area contributed by atoms with Crippen LogP contribution in [0.25, 0.3) is 11.1 Å². The Bertz CT molecular complexity index is 1060. The first-order valence-corrected chi connectivity index (χ1v) is 11.3.